The molecule has 174 valence electrons. The van der Waals surface area contributed by atoms with Gasteiger partial charge in [-0.25, -0.2) is 4.79 Å². The number of hydrogen-bond donors (Lipinski definition) is 1. The fourth-order valence-corrected chi connectivity index (χ4v) is 3.82. The van der Waals surface area contributed by atoms with Gasteiger partial charge in [0.25, 0.3) is 0 Å². The number of urea groups is 1. The molecule has 1 saturated heterocycles. The van der Waals surface area contributed by atoms with Crippen LogP contribution in [0.1, 0.15) is 12.5 Å². The zero-order valence-corrected chi connectivity index (χ0v) is 19.5. The van der Waals surface area contributed by atoms with Gasteiger partial charge in [0.2, 0.25) is 0 Å². The number of hydrogen-bond acceptors (Lipinski definition) is 5. The Hall–Kier alpha value is -2.32. The van der Waals surface area contributed by atoms with E-state index in [9.17, 15) is 4.79 Å². The van der Waals surface area contributed by atoms with Crippen LogP contribution < -0.4 is 10.1 Å². The SMILES string of the molecule is COCCOc1ccc(NC(=O)N(Cc2ccccc2)C(C)CN2CCOCC2)cc1Cl. The first-order valence-electron chi connectivity index (χ1n) is 10.9. The molecule has 2 aromatic carbocycles. The van der Waals surface area contributed by atoms with Crippen LogP contribution in [0.25, 0.3) is 0 Å². The van der Waals surface area contributed by atoms with E-state index in [4.69, 9.17) is 25.8 Å². The summed E-state index contributed by atoms with van der Waals surface area (Å²) in [6, 6.07) is 15.1. The van der Waals surface area contributed by atoms with Gasteiger partial charge in [-0.15, -0.1) is 0 Å². The van der Waals surface area contributed by atoms with Gasteiger partial charge in [0.15, 0.2) is 0 Å². The van der Waals surface area contributed by atoms with E-state index < -0.39 is 0 Å². The third kappa shape index (κ3) is 7.38. The van der Waals surface area contributed by atoms with Crippen molar-refractivity contribution in [1.82, 2.24) is 9.80 Å². The first kappa shape index (κ1) is 24.3. The minimum Gasteiger partial charge on any atom is -0.490 e. The number of anilines is 1. The maximum absolute atomic E-state index is 13.3. The number of rotatable bonds is 10. The molecule has 1 unspecified atom stereocenters. The average Bonchev–Trinajstić information content (AvgIpc) is 2.80. The summed E-state index contributed by atoms with van der Waals surface area (Å²) in [6.07, 6.45) is 0. The largest absolute Gasteiger partial charge is 0.490 e. The molecule has 1 heterocycles. The molecule has 32 heavy (non-hydrogen) atoms. The maximum atomic E-state index is 13.3. The third-order valence-corrected chi connectivity index (χ3v) is 5.64. The highest BCUT2D eigenvalue weighted by molar-refractivity contribution is 6.32. The van der Waals surface area contributed by atoms with Crippen molar-refractivity contribution >= 4 is 23.3 Å². The monoisotopic (exact) mass is 461 g/mol. The number of carbonyl (C=O) groups is 1. The summed E-state index contributed by atoms with van der Waals surface area (Å²) >= 11 is 6.34. The number of carbonyl (C=O) groups excluding carboxylic acids is 1. The van der Waals surface area contributed by atoms with Crippen molar-refractivity contribution in [3.8, 4) is 5.75 Å². The quantitative estimate of drug-likeness (QED) is 0.539. The lowest BCUT2D eigenvalue weighted by Gasteiger charge is -2.35. The molecule has 0 bridgehead atoms. The van der Waals surface area contributed by atoms with Gasteiger partial charge in [0.05, 0.1) is 24.8 Å². The van der Waals surface area contributed by atoms with Crippen molar-refractivity contribution in [2.24, 2.45) is 0 Å². The van der Waals surface area contributed by atoms with Crippen LogP contribution in [0.5, 0.6) is 5.75 Å². The summed E-state index contributed by atoms with van der Waals surface area (Å²) in [6.45, 7) is 7.49. The zero-order valence-electron chi connectivity index (χ0n) is 18.8. The number of ether oxygens (including phenoxy) is 3. The Morgan fingerprint density at radius 3 is 2.62 bits per heavy atom. The number of benzene rings is 2. The smallest absolute Gasteiger partial charge is 0.322 e. The summed E-state index contributed by atoms with van der Waals surface area (Å²) in [4.78, 5) is 17.5. The summed E-state index contributed by atoms with van der Waals surface area (Å²) in [5.41, 5.74) is 1.70. The van der Waals surface area contributed by atoms with Crippen molar-refractivity contribution in [3.63, 3.8) is 0 Å². The van der Waals surface area contributed by atoms with E-state index in [1.807, 2.05) is 35.2 Å². The van der Waals surface area contributed by atoms with Crippen LogP contribution in [0, 0.1) is 0 Å². The fourth-order valence-electron chi connectivity index (χ4n) is 3.59. The van der Waals surface area contributed by atoms with Crippen LogP contribution in [-0.2, 0) is 16.0 Å². The van der Waals surface area contributed by atoms with Crippen molar-refractivity contribution in [3.05, 3.63) is 59.1 Å². The lowest BCUT2D eigenvalue weighted by Crippen LogP contribution is -2.49. The minimum absolute atomic E-state index is 0.0143. The number of morpholine rings is 1. The van der Waals surface area contributed by atoms with Gasteiger partial charge >= 0.3 is 6.03 Å². The first-order valence-corrected chi connectivity index (χ1v) is 11.3. The van der Waals surface area contributed by atoms with E-state index in [1.165, 1.54) is 0 Å². The molecule has 0 aromatic heterocycles. The van der Waals surface area contributed by atoms with Gasteiger partial charge in [0, 0.05) is 45.0 Å². The lowest BCUT2D eigenvalue weighted by molar-refractivity contribution is 0.0277. The Morgan fingerprint density at radius 1 is 1.19 bits per heavy atom. The van der Waals surface area contributed by atoms with E-state index >= 15 is 0 Å². The zero-order chi connectivity index (χ0) is 22.8. The molecule has 1 atom stereocenters. The maximum Gasteiger partial charge on any atom is 0.322 e. The van der Waals surface area contributed by atoms with E-state index in [-0.39, 0.29) is 12.1 Å². The van der Waals surface area contributed by atoms with Gasteiger partial charge < -0.3 is 24.4 Å². The van der Waals surface area contributed by atoms with E-state index in [2.05, 4.69) is 17.1 Å². The predicted octanol–water partition coefficient (Wildman–Crippen LogP) is 4.12. The molecule has 7 nitrogen and oxygen atoms in total. The second kappa shape index (κ2) is 12.6. The minimum atomic E-state index is -0.168. The van der Waals surface area contributed by atoms with Gasteiger partial charge in [-0.2, -0.15) is 0 Å². The molecule has 3 rings (SSSR count). The van der Waals surface area contributed by atoms with Crippen LogP contribution in [0.15, 0.2) is 48.5 Å². The molecule has 0 aliphatic carbocycles. The molecular weight excluding hydrogens is 430 g/mol. The summed E-state index contributed by atoms with van der Waals surface area (Å²) in [5, 5.41) is 3.43. The highest BCUT2D eigenvalue weighted by Crippen LogP contribution is 2.28. The van der Waals surface area contributed by atoms with E-state index in [0.717, 1.165) is 38.4 Å². The number of amides is 2. The normalized spacial score (nSPS) is 15.2. The van der Waals surface area contributed by atoms with E-state index in [1.54, 1.807) is 25.3 Å². The van der Waals surface area contributed by atoms with Gasteiger partial charge in [-0.1, -0.05) is 41.9 Å². The molecular formula is C24H32ClN3O4. The third-order valence-electron chi connectivity index (χ3n) is 5.34. The summed E-state index contributed by atoms with van der Waals surface area (Å²) < 4.78 is 16.0. The number of nitrogens with zero attached hydrogens (tertiary/aromatic N) is 2. The molecule has 1 aliphatic rings. The van der Waals surface area contributed by atoms with Crippen LogP contribution in [-0.4, -0.2) is 75.0 Å². The van der Waals surface area contributed by atoms with E-state index in [0.29, 0.717) is 36.2 Å². The number of nitrogens with one attached hydrogen (secondary N) is 1. The lowest BCUT2D eigenvalue weighted by atomic mass is 10.1. The molecule has 1 N–H and O–H groups in total. The Kier molecular flexibility index (Phi) is 9.62. The molecule has 8 heteroatoms. The Labute approximate surface area is 195 Å². The number of halogens is 1. The first-order chi connectivity index (χ1) is 15.6. The molecule has 2 amide bonds. The highest BCUT2D eigenvalue weighted by Gasteiger charge is 2.24. The van der Waals surface area contributed by atoms with Crippen LogP contribution >= 0.6 is 11.6 Å². The molecule has 0 radical (unpaired) electrons. The van der Waals surface area contributed by atoms with Gasteiger partial charge in [-0.3, -0.25) is 4.90 Å². The van der Waals surface area contributed by atoms with Crippen LogP contribution in [0.3, 0.4) is 0 Å². The van der Waals surface area contributed by atoms with Crippen molar-refractivity contribution in [1.29, 1.82) is 0 Å². The summed E-state index contributed by atoms with van der Waals surface area (Å²) in [5.74, 6) is 0.559. The Morgan fingerprint density at radius 2 is 1.94 bits per heavy atom. The van der Waals surface area contributed by atoms with Gasteiger partial charge in [-0.05, 0) is 30.7 Å². The van der Waals surface area contributed by atoms with Crippen molar-refractivity contribution in [2.45, 2.75) is 19.5 Å². The molecule has 0 saturated carbocycles. The predicted molar refractivity (Wildman–Crippen MR) is 127 cm³/mol. The van der Waals surface area contributed by atoms with Gasteiger partial charge in [0.1, 0.15) is 12.4 Å². The highest BCUT2D eigenvalue weighted by atomic mass is 35.5. The number of methoxy groups -OCH3 is 1. The molecule has 1 aliphatic heterocycles. The van der Waals surface area contributed by atoms with Crippen molar-refractivity contribution < 1.29 is 19.0 Å². The van der Waals surface area contributed by atoms with Crippen LogP contribution in [0.4, 0.5) is 10.5 Å². The average molecular weight is 462 g/mol. The molecule has 0 spiro atoms. The fraction of sp³-hybridized carbons (Fsp3) is 0.458. The summed E-state index contributed by atoms with van der Waals surface area (Å²) in [7, 11) is 1.62. The topological polar surface area (TPSA) is 63.3 Å². The standard InChI is InChI=1S/C24H32ClN3O4/c1-19(17-27-10-12-31-13-11-27)28(18-20-6-4-3-5-7-20)24(29)26-21-8-9-23(22(25)16-21)32-15-14-30-2/h3-9,16,19H,10-15,17-18H2,1-2H3,(H,26,29). The second-order valence-corrected chi connectivity index (χ2v) is 8.20. The van der Waals surface area contributed by atoms with Crippen LogP contribution in [0.2, 0.25) is 5.02 Å². The van der Waals surface area contributed by atoms with Crippen molar-refractivity contribution in [2.75, 3.05) is 58.5 Å². The Balaban J connectivity index is 1.68. The molecule has 1 fully saturated rings. The second-order valence-electron chi connectivity index (χ2n) is 7.79. The Bertz CT molecular complexity index is 846. The molecule has 2 aromatic rings.